The van der Waals surface area contributed by atoms with Crippen LogP contribution >= 0.6 is 0 Å². The molecule has 1 saturated carbocycles. The van der Waals surface area contributed by atoms with Crippen molar-refractivity contribution >= 4 is 75.1 Å². The van der Waals surface area contributed by atoms with Crippen LogP contribution in [0, 0.1) is 41.4 Å². The highest BCUT2D eigenvalue weighted by Gasteiger charge is 2.53. The van der Waals surface area contributed by atoms with Gasteiger partial charge >= 0.3 is 11.9 Å². The normalized spacial score (nSPS) is 28.1. The smallest absolute Gasteiger partial charge is 0.329 e. The van der Waals surface area contributed by atoms with E-state index in [-0.39, 0.29) is 78.9 Å². The number of hydrogen-bond acceptors (Lipinski definition) is 30. The number of likely N-dealkylation sites (tertiary alicyclic amines) is 1. The van der Waals surface area contributed by atoms with Gasteiger partial charge in [0.1, 0.15) is 59.6 Å². The Morgan fingerprint density at radius 3 is 2.11 bits per heavy atom. The molecule has 11 rings (SSSR count). The van der Waals surface area contributed by atoms with E-state index in [9.17, 15) is 48.9 Å². The Labute approximate surface area is 769 Å². The van der Waals surface area contributed by atoms with E-state index < -0.39 is 96.1 Å². The van der Waals surface area contributed by atoms with Crippen LogP contribution < -0.4 is 11.5 Å². The van der Waals surface area contributed by atoms with Crippen LogP contribution in [0.15, 0.2) is 94.7 Å². The number of oxazole rings is 1. The van der Waals surface area contributed by atoms with E-state index in [1.165, 1.54) is 23.9 Å². The zero-order valence-electron chi connectivity index (χ0n) is 78.4. The second-order valence-electron chi connectivity index (χ2n) is 36.6. The molecule has 33 heteroatoms. The number of aromatic nitrogens is 5. The van der Waals surface area contributed by atoms with Gasteiger partial charge in [-0.3, -0.25) is 33.7 Å². The number of carbonyl (C=O) groups is 7. The van der Waals surface area contributed by atoms with Crippen LogP contribution in [-0.2, 0) is 110 Å². The molecule has 0 radical (unpaired) electrons. The number of anilines is 2. The molecule has 722 valence electrons. The molecular weight excluding hydrogens is 1690 g/mol. The standard InChI is InChI=1S/C98H142N10O23/c1-62-17-12-11-13-18-63(2)82(119-8)56-76-26-21-68(7)98(118,131-76)92(115)95(116)107-33-15-14-19-78(107)96(117)129-83(57-79(110)64(3)50-67(6)90(114)91(121-10)89(113)66(5)49-62)65(4)51-70-23-27-81(84(54-70)120-9)128-86(112)20-16-37-122-39-41-124-43-45-126-47-48-127-46-44-125-42-40-123-38-32-75(109)53-69-29-34-105(35-30-69)60-85(111)106-36-31-72-52-71(22-24-74(72)59-106)58-108-94-87(93(99)101-61-102-94)88(104-108)73-25-28-80-77(55-73)103-97(100)130-80/h11-13,17-18,22,24-25,28,50,52,55,61-62,64-66,68-70,76,78-79,81-84,90-91,110,114,118H,14-16,19-21,23,26-27,29-49,51,53-54,56-60H2,1-10H3,(H2,100,103)(H2,99,101,102)/b13-11+,17-12+,63-18+,67-50+/t62-,64-,65-,66-,68-,70+,76+,78+,79-,81-,82+,83+,84-,90-,91+,98-/m1/s1. The van der Waals surface area contributed by atoms with Gasteiger partial charge in [-0.1, -0.05) is 89.3 Å². The minimum atomic E-state index is -2.47. The van der Waals surface area contributed by atoms with Gasteiger partial charge in [0.15, 0.2) is 17.0 Å². The van der Waals surface area contributed by atoms with E-state index in [4.69, 9.17) is 77.8 Å². The monoisotopic (exact) mass is 1830 g/mol. The highest BCUT2D eigenvalue weighted by molar-refractivity contribution is 6.39. The molecule has 8 heterocycles. The van der Waals surface area contributed by atoms with Crippen molar-refractivity contribution in [3.63, 3.8) is 0 Å². The molecule has 0 spiro atoms. The number of hydrogen-bond donors (Lipinski definition) is 5. The summed E-state index contributed by atoms with van der Waals surface area (Å²) in [5.41, 5.74) is 20.1. The summed E-state index contributed by atoms with van der Waals surface area (Å²) in [6.45, 7) is 20.9. The minimum Gasteiger partial charge on any atom is -0.460 e. The van der Waals surface area contributed by atoms with Crippen LogP contribution in [0.4, 0.5) is 11.8 Å². The molecule has 2 bridgehead atoms. The Hall–Kier alpha value is -8.65. The van der Waals surface area contributed by atoms with Crippen molar-refractivity contribution in [3.05, 3.63) is 107 Å². The molecule has 4 fully saturated rings. The van der Waals surface area contributed by atoms with Gasteiger partial charge in [0.2, 0.25) is 11.7 Å². The molecule has 5 aromatic rings. The first kappa shape index (κ1) is 103. The first-order valence-electron chi connectivity index (χ1n) is 47.2. The molecule has 33 nitrogen and oxygen atoms in total. The molecule has 7 N–H and O–H groups in total. The van der Waals surface area contributed by atoms with Crippen molar-refractivity contribution < 1.29 is 110 Å². The average Bonchev–Trinajstić information content (AvgIpc) is 1.59. The third kappa shape index (κ3) is 29.4. The maximum Gasteiger partial charge on any atom is 0.329 e. The molecule has 0 unspecified atom stereocenters. The van der Waals surface area contributed by atoms with Crippen molar-refractivity contribution in [2.45, 2.75) is 244 Å². The molecule has 131 heavy (non-hydrogen) atoms. The SMILES string of the molecule is CO[C@H]1C[C@@H]2CC[C@@H](C)[C@@](O)(O2)C(=O)C(=O)N2CCCC[C@H]2C(=O)O[C@H]([C@H](C)C[C@@H]2CC[C@@H](OC(=O)CCCOCCOCCOCCOCCOCCOCCC(=O)CC3CCN(CC(=O)N4CCc5cc(Cn6nc(-c7ccc8oc(N)nc8c7)c7c(N)ncnc76)ccc5C4)CC3)[C@H](OC)C2)C[C@@H](O)[C@H](C)/C=C(\C)[C@@H](O)[C@@H](OC)C(=O)[C@H](C)C[C@H](C)/C=C/C=C/C=C/1C. The van der Waals surface area contributed by atoms with Gasteiger partial charge in [0.25, 0.3) is 17.7 Å². The molecule has 6 aliphatic rings. The predicted molar refractivity (Wildman–Crippen MR) is 489 cm³/mol. The van der Waals surface area contributed by atoms with Crippen molar-refractivity contribution in [3.8, 4) is 11.3 Å². The molecule has 5 aliphatic heterocycles. The van der Waals surface area contributed by atoms with E-state index in [1.54, 1.807) is 47.1 Å². The van der Waals surface area contributed by atoms with E-state index >= 15 is 0 Å². The van der Waals surface area contributed by atoms with Gasteiger partial charge < -0.3 is 97.8 Å². The number of piperidine rings is 2. The number of fused-ring (bicyclic) bond motifs is 6. The lowest BCUT2D eigenvalue weighted by atomic mass is 9.78. The van der Waals surface area contributed by atoms with Crippen LogP contribution in [0.3, 0.4) is 0 Å². The fourth-order valence-corrected chi connectivity index (χ4v) is 18.9. The van der Waals surface area contributed by atoms with Crippen LogP contribution in [0.25, 0.3) is 33.4 Å². The Morgan fingerprint density at radius 1 is 0.695 bits per heavy atom. The molecule has 2 amide bonds. The quantitative estimate of drug-likeness (QED) is 0.0108. The third-order valence-electron chi connectivity index (χ3n) is 26.8. The van der Waals surface area contributed by atoms with Crippen LogP contribution in [0.1, 0.15) is 181 Å². The lowest BCUT2D eigenvalue weighted by Crippen LogP contribution is -2.61. The number of ketones is 3. The second-order valence-corrected chi connectivity index (χ2v) is 36.6. The summed E-state index contributed by atoms with van der Waals surface area (Å²) in [7, 11) is 4.55. The summed E-state index contributed by atoms with van der Waals surface area (Å²) >= 11 is 0. The Morgan fingerprint density at radius 2 is 1.40 bits per heavy atom. The van der Waals surface area contributed by atoms with Crippen molar-refractivity contribution in [1.29, 1.82) is 0 Å². The Bertz CT molecular complexity index is 4680. The summed E-state index contributed by atoms with van der Waals surface area (Å²) < 4.78 is 77.6. The summed E-state index contributed by atoms with van der Waals surface area (Å²) in [6, 6.07) is 10.8. The third-order valence-corrected chi connectivity index (χ3v) is 26.8. The number of nitrogens with zero attached hydrogens (tertiary/aromatic N) is 8. The minimum absolute atomic E-state index is 0.00647. The van der Waals surface area contributed by atoms with Gasteiger partial charge in [0.05, 0.1) is 116 Å². The molecule has 3 aromatic heterocycles. The van der Waals surface area contributed by atoms with Crippen LogP contribution in [-0.4, -0.2) is 290 Å². The summed E-state index contributed by atoms with van der Waals surface area (Å²) in [4.78, 5) is 116. The first-order chi connectivity index (χ1) is 63.1. The second kappa shape index (κ2) is 51.2. The van der Waals surface area contributed by atoms with Crippen LogP contribution in [0.2, 0.25) is 0 Å². The van der Waals surface area contributed by atoms with Crippen molar-refractivity contribution in [2.24, 2.45) is 41.4 Å². The van der Waals surface area contributed by atoms with E-state index in [0.29, 0.717) is 228 Å². The molecule has 2 aromatic carbocycles. The number of methoxy groups -OCH3 is 3. The first-order valence-corrected chi connectivity index (χ1v) is 47.2. The van der Waals surface area contributed by atoms with Crippen LogP contribution in [0.5, 0.6) is 0 Å². The number of aliphatic hydroxyl groups is 3. The average molecular weight is 1830 g/mol. The van der Waals surface area contributed by atoms with E-state index in [2.05, 4.69) is 38.1 Å². The zero-order valence-corrected chi connectivity index (χ0v) is 78.4. The van der Waals surface area contributed by atoms with Crippen molar-refractivity contribution in [2.75, 3.05) is 145 Å². The maximum absolute atomic E-state index is 14.8. The van der Waals surface area contributed by atoms with E-state index in [0.717, 1.165) is 54.6 Å². The number of Topliss-reactive ketones (excluding diaryl/α,β-unsaturated/α-hetero) is 3. The van der Waals surface area contributed by atoms with Crippen molar-refractivity contribution in [1.82, 2.24) is 39.4 Å². The number of ether oxygens (including phenoxy) is 12. The van der Waals surface area contributed by atoms with Gasteiger partial charge in [-0.2, -0.15) is 10.1 Å². The number of carbonyl (C=O) groups excluding carboxylic acids is 7. The molecule has 3 saturated heterocycles. The lowest BCUT2D eigenvalue weighted by molar-refractivity contribution is -0.265. The summed E-state index contributed by atoms with van der Waals surface area (Å²) in [6.07, 6.45) is 15.2. The van der Waals surface area contributed by atoms with Gasteiger partial charge in [-0.05, 0) is 187 Å². The number of cyclic esters (lactones) is 1. The summed E-state index contributed by atoms with van der Waals surface area (Å²) in [5.74, 6) is -7.32. The number of benzene rings is 2. The number of esters is 2. The largest absolute Gasteiger partial charge is 0.460 e. The van der Waals surface area contributed by atoms with Gasteiger partial charge in [-0.25, -0.2) is 19.4 Å². The summed E-state index contributed by atoms with van der Waals surface area (Å²) in [5, 5.41) is 41.5. The highest BCUT2D eigenvalue weighted by Crippen LogP contribution is 2.41. The molecule has 1 aliphatic carbocycles. The van der Waals surface area contributed by atoms with Gasteiger partial charge in [-0.15, -0.1) is 0 Å². The Kier molecular flexibility index (Phi) is 40.2. The van der Waals surface area contributed by atoms with Gasteiger partial charge in [0, 0.05) is 103 Å². The zero-order chi connectivity index (χ0) is 93.7. The fourth-order valence-electron chi connectivity index (χ4n) is 18.9. The van der Waals surface area contributed by atoms with E-state index in [1.807, 2.05) is 79.8 Å². The maximum atomic E-state index is 14.8. The number of nitrogen functional groups attached to an aromatic ring is 2. The lowest BCUT2D eigenvalue weighted by Gasteiger charge is -2.43. The number of rotatable bonds is 36. The number of nitrogens with two attached hydrogens (primary N) is 2. The fraction of sp³-hybridized carbons (Fsp3) is 0.663. The predicted octanol–water partition coefficient (Wildman–Crippen LogP) is 10.2. The molecular formula is C98H142N10O23. The topological polar surface area (TPSA) is 422 Å². The number of aliphatic hydroxyl groups excluding tert-OH is 2. The number of allylic oxidation sites excluding steroid dienone is 5. The number of amides is 2. The highest BCUT2D eigenvalue weighted by atomic mass is 16.6. The molecule has 16 atom stereocenters. The Balaban J connectivity index is 0.518.